The maximum atomic E-state index is 11.9. The van der Waals surface area contributed by atoms with Crippen molar-refractivity contribution < 1.29 is 4.79 Å². The van der Waals surface area contributed by atoms with Gasteiger partial charge in [-0.1, -0.05) is 17.7 Å². The molecule has 118 valence electrons. The number of anilines is 1. The van der Waals surface area contributed by atoms with E-state index in [0.717, 1.165) is 16.6 Å². The zero-order valence-electron chi connectivity index (χ0n) is 12.5. The highest BCUT2D eigenvalue weighted by Crippen LogP contribution is 2.23. The van der Waals surface area contributed by atoms with Crippen LogP contribution in [0.3, 0.4) is 0 Å². The van der Waals surface area contributed by atoms with Crippen LogP contribution in [-0.2, 0) is 6.54 Å². The number of carbonyl (C=O) groups is 1. The van der Waals surface area contributed by atoms with Gasteiger partial charge in [0.1, 0.15) is 0 Å². The molecule has 7 heteroatoms. The van der Waals surface area contributed by atoms with E-state index in [2.05, 4.69) is 10.5 Å². The van der Waals surface area contributed by atoms with E-state index in [1.807, 2.05) is 25.1 Å². The van der Waals surface area contributed by atoms with Crippen LogP contribution in [0.15, 0.2) is 36.4 Å². The lowest BCUT2D eigenvalue weighted by molar-refractivity contribution is 0.0949. The lowest BCUT2D eigenvalue weighted by Crippen LogP contribution is -2.30. The van der Waals surface area contributed by atoms with Crippen molar-refractivity contribution >= 4 is 34.1 Å². The van der Waals surface area contributed by atoms with Crippen molar-refractivity contribution in [2.24, 2.45) is 5.84 Å². The number of nitrogens with one attached hydrogen (secondary N) is 1. The van der Waals surface area contributed by atoms with Gasteiger partial charge in [0, 0.05) is 16.1 Å². The third-order valence-electron chi connectivity index (χ3n) is 3.75. The summed E-state index contributed by atoms with van der Waals surface area (Å²) in [4.78, 5) is 11.9. The molecule has 0 saturated carbocycles. The van der Waals surface area contributed by atoms with Crippen LogP contribution in [0.25, 0.3) is 10.9 Å². The van der Waals surface area contributed by atoms with Gasteiger partial charge in [-0.2, -0.15) is 5.10 Å². The number of rotatable bonds is 3. The van der Waals surface area contributed by atoms with E-state index < -0.39 is 5.91 Å². The van der Waals surface area contributed by atoms with Crippen LogP contribution in [0.1, 0.15) is 21.6 Å². The predicted molar refractivity (Wildman–Crippen MR) is 91.1 cm³/mol. The predicted octanol–water partition coefficient (Wildman–Crippen LogP) is 2.23. The molecule has 0 aliphatic rings. The van der Waals surface area contributed by atoms with E-state index in [9.17, 15) is 4.79 Å². The van der Waals surface area contributed by atoms with E-state index in [4.69, 9.17) is 23.2 Å². The highest BCUT2D eigenvalue weighted by molar-refractivity contribution is 6.30. The summed E-state index contributed by atoms with van der Waals surface area (Å²) in [7, 11) is 0. The smallest absolute Gasteiger partial charge is 0.286 e. The standard InChI is InChI=1S/C16H16ClN5O/c1-9-6-11(17)3-2-10(9)8-22-14-7-12(18)4-5-13(14)15(21-22)16(23)20-19/h2-7H,8,18-19H2,1H3,(H,20,23). The average molecular weight is 330 g/mol. The quantitative estimate of drug-likeness (QED) is 0.297. The van der Waals surface area contributed by atoms with Crippen LogP contribution < -0.4 is 17.0 Å². The van der Waals surface area contributed by atoms with Gasteiger partial charge in [0.2, 0.25) is 0 Å². The summed E-state index contributed by atoms with van der Waals surface area (Å²) >= 11 is 5.99. The number of benzene rings is 2. The number of carbonyl (C=O) groups excluding carboxylic acids is 1. The molecule has 1 aromatic heterocycles. The van der Waals surface area contributed by atoms with Crippen molar-refractivity contribution in [2.75, 3.05) is 5.73 Å². The van der Waals surface area contributed by atoms with E-state index >= 15 is 0 Å². The Morgan fingerprint density at radius 1 is 1.30 bits per heavy atom. The Balaban J connectivity index is 2.13. The van der Waals surface area contributed by atoms with Crippen molar-refractivity contribution in [3.8, 4) is 0 Å². The second-order valence-corrected chi connectivity index (χ2v) is 5.76. The molecule has 0 atom stereocenters. The molecular weight excluding hydrogens is 314 g/mol. The summed E-state index contributed by atoms with van der Waals surface area (Å²) < 4.78 is 1.74. The summed E-state index contributed by atoms with van der Waals surface area (Å²) in [6.45, 7) is 2.48. The van der Waals surface area contributed by atoms with Gasteiger partial charge < -0.3 is 5.73 Å². The van der Waals surface area contributed by atoms with E-state index in [1.165, 1.54) is 0 Å². The Hall–Kier alpha value is -2.57. The van der Waals surface area contributed by atoms with Crippen molar-refractivity contribution in [3.63, 3.8) is 0 Å². The number of nitrogens with two attached hydrogens (primary N) is 2. The van der Waals surface area contributed by atoms with Gasteiger partial charge in [-0.15, -0.1) is 0 Å². The first-order valence-corrected chi connectivity index (χ1v) is 7.39. The number of aromatic nitrogens is 2. The van der Waals surface area contributed by atoms with E-state index in [-0.39, 0.29) is 5.69 Å². The Bertz CT molecular complexity index is 903. The first kappa shape index (κ1) is 15.3. The van der Waals surface area contributed by atoms with Gasteiger partial charge in [0.05, 0.1) is 12.1 Å². The van der Waals surface area contributed by atoms with Gasteiger partial charge in [-0.25, -0.2) is 5.84 Å². The lowest BCUT2D eigenvalue weighted by Gasteiger charge is -2.08. The fourth-order valence-electron chi connectivity index (χ4n) is 2.55. The molecule has 5 N–H and O–H groups in total. The summed E-state index contributed by atoms with van der Waals surface area (Å²) in [5.41, 5.74) is 11.7. The molecule has 23 heavy (non-hydrogen) atoms. The molecule has 3 aromatic rings. The molecule has 0 unspecified atom stereocenters. The van der Waals surface area contributed by atoms with Crippen LogP contribution in [-0.4, -0.2) is 15.7 Å². The maximum absolute atomic E-state index is 11.9. The third-order valence-corrected chi connectivity index (χ3v) is 3.98. The molecule has 1 amide bonds. The molecule has 2 aromatic carbocycles. The Kier molecular flexibility index (Phi) is 3.94. The highest BCUT2D eigenvalue weighted by atomic mass is 35.5. The number of amides is 1. The average Bonchev–Trinajstić information content (AvgIpc) is 2.87. The normalized spacial score (nSPS) is 10.9. The first-order chi connectivity index (χ1) is 11.0. The molecule has 0 radical (unpaired) electrons. The third kappa shape index (κ3) is 2.86. The summed E-state index contributed by atoms with van der Waals surface area (Å²) in [6, 6.07) is 11.0. The largest absolute Gasteiger partial charge is 0.399 e. The van der Waals surface area contributed by atoms with Crippen LogP contribution in [0.4, 0.5) is 5.69 Å². The minimum absolute atomic E-state index is 0.272. The topological polar surface area (TPSA) is 99.0 Å². The van der Waals surface area contributed by atoms with Crippen molar-refractivity contribution in [3.05, 3.63) is 58.2 Å². The van der Waals surface area contributed by atoms with E-state index in [1.54, 1.807) is 22.9 Å². The van der Waals surface area contributed by atoms with Crippen molar-refractivity contribution in [1.29, 1.82) is 0 Å². The second-order valence-electron chi connectivity index (χ2n) is 5.33. The lowest BCUT2D eigenvalue weighted by atomic mass is 10.1. The number of hydrogen-bond donors (Lipinski definition) is 3. The molecule has 0 spiro atoms. The highest BCUT2D eigenvalue weighted by Gasteiger charge is 2.17. The molecule has 3 rings (SSSR count). The second kappa shape index (κ2) is 5.91. The number of nitrogen functional groups attached to an aromatic ring is 2. The fraction of sp³-hybridized carbons (Fsp3) is 0.125. The number of nitrogens with zero attached hydrogens (tertiary/aromatic N) is 2. The van der Waals surface area contributed by atoms with Gasteiger partial charge in [-0.3, -0.25) is 14.9 Å². The summed E-state index contributed by atoms with van der Waals surface area (Å²) in [5.74, 6) is 4.80. The number of hydrazine groups is 1. The molecule has 0 bridgehead atoms. The van der Waals surface area contributed by atoms with Crippen LogP contribution in [0, 0.1) is 6.92 Å². The van der Waals surface area contributed by atoms with Crippen molar-refractivity contribution in [2.45, 2.75) is 13.5 Å². The molecule has 6 nitrogen and oxygen atoms in total. The zero-order chi connectivity index (χ0) is 16.6. The molecular formula is C16H16ClN5O. The monoisotopic (exact) mass is 329 g/mol. The molecule has 0 aliphatic heterocycles. The minimum atomic E-state index is -0.439. The number of aryl methyl sites for hydroxylation is 1. The molecule has 1 heterocycles. The fourth-order valence-corrected chi connectivity index (χ4v) is 2.77. The Labute approximate surface area is 138 Å². The number of halogens is 1. The van der Waals surface area contributed by atoms with Gasteiger partial charge in [0.15, 0.2) is 5.69 Å². The maximum Gasteiger partial charge on any atom is 0.286 e. The van der Waals surface area contributed by atoms with E-state index in [0.29, 0.717) is 22.6 Å². The first-order valence-electron chi connectivity index (χ1n) is 7.01. The summed E-state index contributed by atoms with van der Waals surface area (Å²) in [6.07, 6.45) is 0. The molecule has 0 saturated heterocycles. The van der Waals surface area contributed by atoms with Crippen LogP contribution in [0.2, 0.25) is 5.02 Å². The molecule has 0 aliphatic carbocycles. The Morgan fingerprint density at radius 3 is 2.78 bits per heavy atom. The van der Waals surface area contributed by atoms with Gasteiger partial charge in [0.25, 0.3) is 5.91 Å². The van der Waals surface area contributed by atoms with Crippen LogP contribution in [0.5, 0.6) is 0 Å². The van der Waals surface area contributed by atoms with Crippen LogP contribution >= 0.6 is 11.6 Å². The van der Waals surface area contributed by atoms with Gasteiger partial charge >= 0.3 is 0 Å². The zero-order valence-corrected chi connectivity index (χ0v) is 13.3. The SMILES string of the molecule is Cc1cc(Cl)ccc1Cn1nc(C(=O)NN)c2ccc(N)cc21. The number of fused-ring (bicyclic) bond motifs is 1. The minimum Gasteiger partial charge on any atom is -0.399 e. The van der Waals surface area contributed by atoms with Gasteiger partial charge in [-0.05, 0) is 48.4 Å². The number of hydrogen-bond acceptors (Lipinski definition) is 4. The molecule has 0 fully saturated rings. The summed E-state index contributed by atoms with van der Waals surface area (Å²) in [5, 5.41) is 5.78. The Morgan fingerprint density at radius 2 is 2.09 bits per heavy atom. The van der Waals surface area contributed by atoms with Crippen molar-refractivity contribution in [1.82, 2.24) is 15.2 Å².